The summed E-state index contributed by atoms with van der Waals surface area (Å²) < 4.78 is 5.21. The standard InChI is InChI=1S/C12H15NO2/c1-13-7-11(8-13)12(14)15-9-10-5-3-2-4-6-10/h2-6,11H,7-9H2,1H3. The van der Waals surface area contributed by atoms with Gasteiger partial charge in [-0.05, 0) is 12.6 Å². The number of benzene rings is 1. The van der Waals surface area contributed by atoms with Gasteiger partial charge < -0.3 is 9.64 Å². The number of hydrogen-bond acceptors (Lipinski definition) is 3. The van der Waals surface area contributed by atoms with Crippen LogP contribution < -0.4 is 0 Å². The van der Waals surface area contributed by atoms with E-state index < -0.39 is 0 Å². The van der Waals surface area contributed by atoms with Crippen molar-refractivity contribution in [2.45, 2.75) is 6.61 Å². The summed E-state index contributed by atoms with van der Waals surface area (Å²) in [5.41, 5.74) is 1.04. The molecule has 1 aliphatic heterocycles. The van der Waals surface area contributed by atoms with Crippen LogP contribution in [0.5, 0.6) is 0 Å². The Labute approximate surface area is 89.7 Å². The Morgan fingerprint density at radius 2 is 2.07 bits per heavy atom. The molecule has 0 saturated carbocycles. The molecule has 1 aromatic carbocycles. The lowest BCUT2D eigenvalue weighted by molar-refractivity contribution is -0.155. The lowest BCUT2D eigenvalue weighted by Gasteiger charge is -2.34. The third-order valence-corrected chi connectivity index (χ3v) is 2.62. The number of hydrogen-bond donors (Lipinski definition) is 0. The van der Waals surface area contributed by atoms with Crippen molar-refractivity contribution in [3.8, 4) is 0 Å². The zero-order valence-corrected chi connectivity index (χ0v) is 8.85. The molecule has 0 aromatic heterocycles. The van der Waals surface area contributed by atoms with Gasteiger partial charge in [0.15, 0.2) is 0 Å². The third-order valence-electron chi connectivity index (χ3n) is 2.62. The Bertz CT molecular complexity index is 331. The molecule has 0 aliphatic carbocycles. The molecule has 2 rings (SSSR count). The highest BCUT2D eigenvalue weighted by Crippen LogP contribution is 2.15. The van der Waals surface area contributed by atoms with Gasteiger partial charge in [-0.15, -0.1) is 0 Å². The third kappa shape index (κ3) is 2.57. The molecular formula is C12H15NO2. The topological polar surface area (TPSA) is 29.5 Å². The molecule has 1 saturated heterocycles. The van der Waals surface area contributed by atoms with Gasteiger partial charge in [0, 0.05) is 13.1 Å². The van der Waals surface area contributed by atoms with Crippen LogP contribution in [0.3, 0.4) is 0 Å². The number of esters is 1. The van der Waals surface area contributed by atoms with Crippen LogP contribution in [0.25, 0.3) is 0 Å². The van der Waals surface area contributed by atoms with Crippen molar-refractivity contribution in [1.29, 1.82) is 0 Å². The van der Waals surface area contributed by atoms with Gasteiger partial charge in [0.1, 0.15) is 6.61 Å². The Morgan fingerprint density at radius 1 is 1.40 bits per heavy atom. The van der Waals surface area contributed by atoms with E-state index in [1.807, 2.05) is 37.4 Å². The fourth-order valence-corrected chi connectivity index (χ4v) is 1.69. The summed E-state index contributed by atoms with van der Waals surface area (Å²) in [4.78, 5) is 13.6. The highest BCUT2D eigenvalue weighted by molar-refractivity contribution is 5.74. The second-order valence-corrected chi connectivity index (χ2v) is 4.01. The highest BCUT2D eigenvalue weighted by Gasteiger charge is 2.31. The first kappa shape index (κ1) is 10.2. The van der Waals surface area contributed by atoms with Gasteiger partial charge in [0.2, 0.25) is 0 Å². The fraction of sp³-hybridized carbons (Fsp3) is 0.417. The van der Waals surface area contributed by atoms with Crippen LogP contribution in [0.1, 0.15) is 5.56 Å². The van der Waals surface area contributed by atoms with Gasteiger partial charge in [0.25, 0.3) is 0 Å². The van der Waals surface area contributed by atoms with Gasteiger partial charge in [-0.2, -0.15) is 0 Å². The van der Waals surface area contributed by atoms with E-state index in [0.29, 0.717) is 6.61 Å². The average Bonchev–Trinajstić information content (AvgIpc) is 2.23. The minimum absolute atomic E-state index is 0.0723. The van der Waals surface area contributed by atoms with Crippen LogP contribution in [0.15, 0.2) is 30.3 Å². The second kappa shape index (κ2) is 4.45. The van der Waals surface area contributed by atoms with Crippen molar-refractivity contribution in [2.24, 2.45) is 5.92 Å². The molecule has 0 bridgehead atoms. The predicted molar refractivity (Wildman–Crippen MR) is 57.2 cm³/mol. The molecule has 0 radical (unpaired) electrons. The maximum atomic E-state index is 11.5. The SMILES string of the molecule is CN1CC(C(=O)OCc2ccccc2)C1. The fourth-order valence-electron chi connectivity index (χ4n) is 1.69. The largest absolute Gasteiger partial charge is 0.461 e. The van der Waals surface area contributed by atoms with E-state index in [4.69, 9.17) is 4.74 Å². The van der Waals surface area contributed by atoms with Crippen LogP contribution in [0, 0.1) is 5.92 Å². The number of nitrogens with zero attached hydrogens (tertiary/aromatic N) is 1. The molecular weight excluding hydrogens is 190 g/mol. The zero-order valence-electron chi connectivity index (χ0n) is 8.85. The van der Waals surface area contributed by atoms with Crippen molar-refractivity contribution >= 4 is 5.97 Å². The lowest BCUT2D eigenvalue weighted by atomic mass is 10.0. The van der Waals surface area contributed by atoms with E-state index in [0.717, 1.165) is 18.7 Å². The summed E-state index contributed by atoms with van der Waals surface area (Å²) >= 11 is 0. The van der Waals surface area contributed by atoms with Gasteiger partial charge in [-0.25, -0.2) is 0 Å². The maximum absolute atomic E-state index is 11.5. The molecule has 80 valence electrons. The van der Waals surface area contributed by atoms with Crippen LogP contribution >= 0.6 is 0 Å². The van der Waals surface area contributed by atoms with Crippen LogP contribution in [0.2, 0.25) is 0 Å². The number of carbonyl (C=O) groups excluding carboxylic acids is 1. The lowest BCUT2D eigenvalue weighted by Crippen LogP contribution is -2.48. The smallest absolute Gasteiger partial charge is 0.311 e. The molecule has 0 amide bonds. The van der Waals surface area contributed by atoms with E-state index in [1.54, 1.807) is 0 Å². The first-order chi connectivity index (χ1) is 7.25. The van der Waals surface area contributed by atoms with Gasteiger partial charge >= 0.3 is 5.97 Å². The summed E-state index contributed by atoms with van der Waals surface area (Å²) in [6, 6.07) is 9.76. The minimum Gasteiger partial charge on any atom is -0.461 e. The van der Waals surface area contributed by atoms with Gasteiger partial charge in [0.05, 0.1) is 5.92 Å². The first-order valence-corrected chi connectivity index (χ1v) is 5.15. The normalized spacial score (nSPS) is 17.1. The van der Waals surface area contributed by atoms with Crippen LogP contribution in [-0.4, -0.2) is 31.0 Å². The molecule has 0 unspecified atom stereocenters. The molecule has 15 heavy (non-hydrogen) atoms. The zero-order chi connectivity index (χ0) is 10.7. The summed E-state index contributed by atoms with van der Waals surface area (Å²) in [5.74, 6) is 0.00988. The Kier molecular flexibility index (Phi) is 3.02. The molecule has 1 aromatic rings. The summed E-state index contributed by atoms with van der Waals surface area (Å²) in [6.45, 7) is 2.04. The van der Waals surface area contributed by atoms with E-state index in [1.165, 1.54) is 0 Å². The Hall–Kier alpha value is -1.35. The van der Waals surface area contributed by atoms with Crippen LogP contribution in [-0.2, 0) is 16.1 Å². The monoisotopic (exact) mass is 205 g/mol. The summed E-state index contributed by atoms with van der Waals surface area (Å²) in [7, 11) is 2.00. The number of likely N-dealkylation sites (tertiary alicyclic amines) is 1. The maximum Gasteiger partial charge on any atom is 0.311 e. The van der Waals surface area contributed by atoms with Crippen molar-refractivity contribution in [1.82, 2.24) is 4.90 Å². The molecule has 1 aliphatic rings. The van der Waals surface area contributed by atoms with Gasteiger partial charge in [-0.3, -0.25) is 4.79 Å². The molecule has 3 nitrogen and oxygen atoms in total. The van der Waals surface area contributed by atoms with E-state index >= 15 is 0 Å². The van der Waals surface area contributed by atoms with E-state index in [-0.39, 0.29) is 11.9 Å². The predicted octanol–water partition coefficient (Wildman–Crippen LogP) is 1.29. The number of carbonyl (C=O) groups is 1. The number of rotatable bonds is 3. The molecule has 0 spiro atoms. The highest BCUT2D eigenvalue weighted by atomic mass is 16.5. The van der Waals surface area contributed by atoms with E-state index in [2.05, 4.69) is 4.90 Å². The summed E-state index contributed by atoms with van der Waals surface area (Å²) in [5, 5.41) is 0. The Morgan fingerprint density at radius 3 is 2.67 bits per heavy atom. The molecule has 1 heterocycles. The van der Waals surface area contributed by atoms with Crippen molar-refractivity contribution in [3.05, 3.63) is 35.9 Å². The second-order valence-electron chi connectivity index (χ2n) is 4.01. The average molecular weight is 205 g/mol. The van der Waals surface area contributed by atoms with Crippen LogP contribution in [0.4, 0.5) is 0 Å². The minimum atomic E-state index is -0.0723. The van der Waals surface area contributed by atoms with Crippen molar-refractivity contribution in [3.63, 3.8) is 0 Å². The molecule has 0 N–H and O–H groups in total. The Balaban J connectivity index is 1.76. The number of ether oxygens (including phenoxy) is 1. The summed E-state index contributed by atoms with van der Waals surface area (Å²) in [6.07, 6.45) is 0. The van der Waals surface area contributed by atoms with Gasteiger partial charge in [-0.1, -0.05) is 30.3 Å². The van der Waals surface area contributed by atoms with Crippen molar-refractivity contribution < 1.29 is 9.53 Å². The van der Waals surface area contributed by atoms with E-state index in [9.17, 15) is 4.79 Å². The first-order valence-electron chi connectivity index (χ1n) is 5.15. The molecule has 3 heteroatoms. The molecule has 1 fully saturated rings. The van der Waals surface area contributed by atoms with Crippen molar-refractivity contribution in [2.75, 3.05) is 20.1 Å². The molecule has 0 atom stereocenters. The quantitative estimate of drug-likeness (QED) is 0.696.